The second-order valence-electron chi connectivity index (χ2n) is 2.62. The van der Waals surface area contributed by atoms with Crippen LogP contribution in [-0.2, 0) is 0 Å². The Hall–Kier alpha value is -1.91. The summed E-state index contributed by atoms with van der Waals surface area (Å²) >= 11 is 0. The van der Waals surface area contributed by atoms with E-state index >= 15 is 0 Å². The van der Waals surface area contributed by atoms with E-state index in [2.05, 4.69) is 9.97 Å². The minimum Gasteiger partial charge on any atom is -0.396 e. The van der Waals surface area contributed by atoms with Crippen molar-refractivity contribution < 1.29 is 4.39 Å². The van der Waals surface area contributed by atoms with E-state index in [1.54, 1.807) is 0 Å². The van der Waals surface area contributed by atoms with E-state index in [0.29, 0.717) is 10.9 Å². The molecule has 66 valence electrons. The molecule has 0 fully saturated rings. The van der Waals surface area contributed by atoms with Crippen LogP contribution in [0.15, 0.2) is 23.3 Å². The highest BCUT2D eigenvalue weighted by Gasteiger charge is 2.04. The number of aromatic nitrogens is 2. The van der Waals surface area contributed by atoms with Gasteiger partial charge in [0.2, 0.25) is 0 Å². The minimum absolute atomic E-state index is 0.0500. The van der Waals surface area contributed by atoms with Gasteiger partial charge in [-0.05, 0) is 6.07 Å². The fraction of sp³-hybridized carbons (Fsp3) is 0. The molecule has 1 aromatic carbocycles. The quantitative estimate of drug-likeness (QED) is 0.583. The average molecular weight is 179 g/mol. The second kappa shape index (κ2) is 2.55. The topological polar surface area (TPSA) is 71.8 Å². The first-order chi connectivity index (χ1) is 6.18. The van der Waals surface area contributed by atoms with Gasteiger partial charge in [-0.1, -0.05) is 0 Å². The number of halogens is 1. The Morgan fingerprint density at radius 1 is 1.46 bits per heavy atom. The molecule has 0 radical (unpaired) electrons. The second-order valence-corrected chi connectivity index (χ2v) is 2.62. The maximum atomic E-state index is 12.9. The van der Waals surface area contributed by atoms with Crippen molar-refractivity contribution in [1.29, 1.82) is 0 Å². The number of nitrogens with two attached hydrogens (primary N) is 1. The van der Waals surface area contributed by atoms with Crippen LogP contribution >= 0.6 is 0 Å². The number of rotatable bonds is 0. The predicted molar refractivity (Wildman–Crippen MR) is 46.7 cm³/mol. The minimum atomic E-state index is -0.564. The molecule has 4 nitrogen and oxygen atoms in total. The van der Waals surface area contributed by atoms with Crippen LogP contribution in [0.3, 0.4) is 0 Å². The molecule has 0 unspecified atom stereocenters. The lowest BCUT2D eigenvalue weighted by atomic mass is 10.2. The first-order valence-corrected chi connectivity index (χ1v) is 3.61. The molecular formula is C8H6FN3O. The molecule has 0 aliphatic rings. The first kappa shape index (κ1) is 7.72. The van der Waals surface area contributed by atoms with Crippen LogP contribution in [-0.4, -0.2) is 9.97 Å². The molecule has 0 saturated carbocycles. The van der Waals surface area contributed by atoms with Crippen LogP contribution in [0.25, 0.3) is 10.9 Å². The fourth-order valence-corrected chi connectivity index (χ4v) is 1.11. The number of aromatic amines is 1. The molecule has 0 atom stereocenters. The standard InChI is InChI=1S/C8H6FN3O/c9-5-2-7-4(1-6(5)10)8(13)12-3-11-7/h1-3H,10H2,(H,11,12,13). The SMILES string of the molecule is Nc1cc2c(=O)[nH]cnc2cc1F. The highest BCUT2D eigenvalue weighted by molar-refractivity contribution is 5.80. The molecule has 2 aromatic rings. The lowest BCUT2D eigenvalue weighted by Crippen LogP contribution is -2.07. The van der Waals surface area contributed by atoms with Crippen molar-refractivity contribution in [3.05, 3.63) is 34.6 Å². The Bertz CT molecular complexity index is 520. The molecule has 3 N–H and O–H groups in total. The molecule has 0 saturated heterocycles. The summed E-state index contributed by atoms with van der Waals surface area (Å²) in [6.45, 7) is 0. The number of fused-ring (bicyclic) bond motifs is 1. The summed E-state index contributed by atoms with van der Waals surface area (Å²) in [7, 11) is 0. The van der Waals surface area contributed by atoms with Gasteiger partial charge in [0, 0.05) is 6.07 Å². The lowest BCUT2D eigenvalue weighted by molar-refractivity contribution is 0.634. The number of nitrogens with zero attached hydrogens (tertiary/aromatic N) is 1. The molecule has 2 rings (SSSR count). The van der Waals surface area contributed by atoms with Crippen LogP contribution in [0.2, 0.25) is 0 Å². The monoisotopic (exact) mass is 179 g/mol. The summed E-state index contributed by atoms with van der Waals surface area (Å²) < 4.78 is 12.9. The largest absolute Gasteiger partial charge is 0.396 e. The molecule has 1 aromatic heterocycles. The summed E-state index contributed by atoms with van der Waals surface area (Å²) in [6, 6.07) is 2.41. The molecule has 0 aliphatic heterocycles. The van der Waals surface area contributed by atoms with Gasteiger partial charge in [0.1, 0.15) is 5.82 Å². The van der Waals surface area contributed by atoms with Gasteiger partial charge in [-0.3, -0.25) is 4.79 Å². The van der Waals surface area contributed by atoms with Crippen LogP contribution in [0.5, 0.6) is 0 Å². The number of nitrogens with one attached hydrogen (secondary N) is 1. The Balaban J connectivity index is 2.97. The molecule has 0 aliphatic carbocycles. The molecule has 5 heteroatoms. The van der Waals surface area contributed by atoms with E-state index in [4.69, 9.17) is 5.73 Å². The van der Waals surface area contributed by atoms with E-state index in [0.717, 1.165) is 6.07 Å². The van der Waals surface area contributed by atoms with Crippen molar-refractivity contribution in [3.63, 3.8) is 0 Å². The van der Waals surface area contributed by atoms with Crippen molar-refractivity contribution in [2.24, 2.45) is 0 Å². The maximum absolute atomic E-state index is 12.9. The molecule has 0 amide bonds. The van der Waals surface area contributed by atoms with E-state index in [1.165, 1.54) is 12.4 Å². The summed E-state index contributed by atoms with van der Waals surface area (Å²) in [5.74, 6) is -0.564. The Kier molecular flexibility index (Phi) is 1.51. The normalized spacial score (nSPS) is 10.5. The van der Waals surface area contributed by atoms with Crippen LogP contribution in [0, 0.1) is 5.82 Å². The molecule has 1 heterocycles. The average Bonchev–Trinajstić information content (AvgIpc) is 2.09. The van der Waals surface area contributed by atoms with Gasteiger partial charge < -0.3 is 10.7 Å². The molecule has 13 heavy (non-hydrogen) atoms. The Labute approximate surface area is 72.2 Å². The van der Waals surface area contributed by atoms with Crippen molar-refractivity contribution in [2.45, 2.75) is 0 Å². The van der Waals surface area contributed by atoms with E-state index < -0.39 is 5.82 Å². The zero-order valence-corrected chi connectivity index (χ0v) is 6.54. The fourth-order valence-electron chi connectivity index (χ4n) is 1.11. The van der Waals surface area contributed by atoms with Crippen molar-refractivity contribution in [1.82, 2.24) is 9.97 Å². The number of hydrogen-bond acceptors (Lipinski definition) is 3. The zero-order chi connectivity index (χ0) is 9.42. The summed E-state index contributed by atoms with van der Waals surface area (Å²) in [4.78, 5) is 17.3. The van der Waals surface area contributed by atoms with Crippen LogP contribution in [0.1, 0.15) is 0 Å². The van der Waals surface area contributed by atoms with Gasteiger partial charge in [0.15, 0.2) is 0 Å². The van der Waals surface area contributed by atoms with Crippen LogP contribution in [0.4, 0.5) is 10.1 Å². The van der Waals surface area contributed by atoms with Gasteiger partial charge in [-0.25, -0.2) is 9.37 Å². The number of nitrogen functional groups attached to an aromatic ring is 1. The van der Waals surface area contributed by atoms with E-state index in [1.807, 2.05) is 0 Å². The van der Waals surface area contributed by atoms with Crippen molar-refractivity contribution in [2.75, 3.05) is 5.73 Å². The highest BCUT2D eigenvalue weighted by Crippen LogP contribution is 2.15. The highest BCUT2D eigenvalue weighted by atomic mass is 19.1. The van der Waals surface area contributed by atoms with Gasteiger partial charge in [-0.15, -0.1) is 0 Å². The van der Waals surface area contributed by atoms with Gasteiger partial charge >= 0.3 is 0 Å². The Morgan fingerprint density at radius 3 is 3.00 bits per heavy atom. The number of benzene rings is 1. The zero-order valence-electron chi connectivity index (χ0n) is 6.54. The van der Waals surface area contributed by atoms with Gasteiger partial charge in [0.25, 0.3) is 5.56 Å². The maximum Gasteiger partial charge on any atom is 0.258 e. The van der Waals surface area contributed by atoms with E-state index in [9.17, 15) is 9.18 Å². The number of hydrogen-bond donors (Lipinski definition) is 2. The third-order valence-electron chi connectivity index (χ3n) is 1.76. The first-order valence-electron chi connectivity index (χ1n) is 3.61. The Morgan fingerprint density at radius 2 is 2.23 bits per heavy atom. The number of H-pyrrole nitrogens is 1. The summed E-state index contributed by atoms with van der Waals surface area (Å²) in [5, 5.41) is 0.293. The van der Waals surface area contributed by atoms with E-state index in [-0.39, 0.29) is 11.2 Å². The lowest BCUT2D eigenvalue weighted by Gasteiger charge is -1.98. The summed E-state index contributed by atoms with van der Waals surface area (Å²) in [6.07, 6.45) is 1.22. The van der Waals surface area contributed by atoms with Gasteiger partial charge in [-0.2, -0.15) is 0 Å². The van der Waals surface area contributed by atoms with Gasteiger partial charge in [0.05, 0.1) is 22.9 Å². The third kappa shape index (κ3) is 1.14. The van der Waals surface area contributed by atoms with Crippen LogP contribution < -0.4 is 11.3 Å². The predicted octanol–water partition coefficient (Wildman–Crippen LogP) is 0.644. The summed E-state index contributed by atoms with van der Waals surface area (Å²) in [5.41, 5.74) is 5.23. The van der Waals surface area contributed by atoms with Crippen molar-refractivity contribution >= 4 is 16.6 Å². The van der Waals surface area contributed by atoms with Crippen molar-refractivity contribution in [3.8, 4) is 0 Å². The third-order valence-corrected chi connectivity index (χ3v) is 1.76. The molecule has 0 spiro atoms. The number of anilines is 1. The molecule has 0 bridgehead atoms. The molecular weight excluding hydrogens is 173 g/mol. The smallest absolute Gasteiger partial charge is 0.258 e.